The van der Waals surface area contributed by atoms with Gasteiger partial charge in [0.1, 0.15) is 18.4 Å². The van der Waals surface area contributed by atoms with Crippen molar-refractivity contribution in [3.8, 4) is 0 Å². The van der Waals surface area contributed by atoms with Crippen molar-refractivity contribution in [1.29, 1.82) is 0 Å². The van der Waals surface area contributed by atoms with Gasteiger partial charge < -0.3 is 10.2 Å². The summed E-state index contributed by atoms with van der Waals surface area (Å²) in [5.74, 6) is -1.50. The number of carbonyl (C=O) groups is 2. The first-order valence-corrected chi connectivity index (χ1v) is 12.9. The molecule has 0 saturated heterocycles. The predicted octanol–water partition coefficient (Wildman–Crippen LogP) is 3.80. The number of anilines is 1. The molecule has 190 valence electrons. The van der Waals surface area contributed by atoms with Crippen molar-refractivity contribution >= 4 is 27.5 Å². The Morgan fingerprint density at radius 1 is 0.889 bits per heavy atom. The maximum Gasteiger partial charge on any atom is 0.264 e. The molecule has 3 aromatic carbocycles. The van der Waals surface area contributed by atoms with Crippen molar-refractivity contribution in [1.82, 2.24) is 10.2 Å². The van der Waals surface area contributed by atoms with Gasteiger partial charge in [0.05, 0.1) is 10.6 Å². The second-order valence-electron chi connectivity index (χ2n) is 8.60. The van der Waals surface area contributed by atoms with Crippen LogP contribution in [0.4, 0.5) is 10.1 Å². The standard InChI is InChI=1S/C27H30FN3O4S/c1-19-5-9-22(10-6-19)17-30(21(3)27(33)29-4)26(32)18-31(24-13-11-23(28)12-14-24)36(34,35)25-15-7-20(2)8-16-25/h5-16,21H,17-18H2,1-4H3,(H,29,33). The second-order valence-corrected chi connectivity index (χ2v) is 10.5. The van der Waals surface area contributed by atoms with Crippen LogP contribution in [-0.2, 0) is 26.2 Å². The van der Waals surface area contributed by atoms with Crippen LogP contribution in [-0.4, -0.2) is 44.8 Å². The average Bonchev–Trinajstić information content (AvgIpc) is 2.86. The van der Waals surface area contributed by atoms with Crippen LogP contribution in [0, 0.1) is 19.7 Å². The lowest BCUT2D eigenvalue weighted by Crippen LogP contribution is -2.50. The lowest BCUT2D eigenvalue weighted by atomic mass is 10.1. The Kier molecular flexibility index (Phi) is 8.47. The molecular weight excluding hydrogens is 481 g/mol. The minimum Gasteiger partial charge on any atom is -0.357 e. The lowest BCUT2D eigenvalue weighted by Gasteiger charge is -2.31. The molecule has 7 nitrogen and oxygen atoms in total. The highest BCUT2D eigenvalue weighted by Gasteiger charge is 2.32. The number of likely N-dealkylation sites (N-methyl/N-ethyl adjacent to an activating group) is 1. The SMILES string of the molecule is CNC(=O)C(C)N(Cc1ccc(C)cc1)C(=O)CN(c1ccc(F)cc1)S(=O)(=O)c1ccc(C)cc1. The number of carbonyl (C=O) groups excluding carboxylic acids is 2. The third kappa shape index (κ3) is 6.28. The summed E-state index contributed by atoms with van der Waals surface area (Å²) < 4.78 is 41.8. The van der Waals surface area contributed by atoms with E-state index in [4.69, 9.17) is 0 Å². The molecule has 0 aromatic heterocycles. The monoisotopic (exact) mass is 511 g/mol. The highest BCUT2D eigenvalue weighted by molar-refractivity contribution is 7.92. The van der Waals surface area contributed by atoms with Crippen LogP contribution < -0.4 is 9.62 Å². The first-order valence-electron chi connectivity index (χ1n) is 11.4. The molecule has 2 amide bonds. The van der Waals surface area contributed by atoms with Crippen LogP contribution in [0.2, 0.25) is 0 Å². The van der Waals surface area contributed by atoms with Gasteiger partial charge in [0, 0.05) is 13.6 Å². The van der Waals surface area contributed by atoms with E-state index in [-0.39, 0.29) is 23.0 Å². The zero-order valence-electron chi connectivity index (χ0n) is 20.7. The number of amides is 2. The van der Waals surface area contributed by atoms with Crippen molar-refractivity contribution in [3.05, 3.63) is 95.3 Å². The molecule has 1 unspecified atom stereocenters. The number of nitrogens with zero attached hydrogens (tertiary/aromatic N) is 2. The van der Waals surface area contributed by atoms with E-state index in [0.717, 1.165) is 33.1 Å². The third-order valence-electron chi connectivity index (χ3n) is 5.89. The molecule has 0 saturated carbocycles. The van der Waals surface area contributed by atoms with Crippen LogP contribution in [0.15, 0.2) is 77.7 Å². The van der Waals surface area contributed by atoms with E-state index in [0.29, 0.717) is 0 Å². The lowest BCUT2D eigenvalue weighted by molar-refractivity contribution is -0.139. The van der Waals surface area contributed by atoms with E-state index in [1.165, 1.54) is 36.2 Å². The number of aryl methyl sites for hydroxylation is 2. The number of benzene rings is 3. The van der Waals surface area contributed by atoms with Gasteiger partial charge in [-0.15, -0.1) is 0 Å². The molecule has 0 aliphatic heterocycles. The number of hydrogen-bond donors (Lipinski definition) is 1. The average molecular weight is 512 g/mol. The molecule has 0 heterocycles. The molecule has 0 aliphatic carbocycles. The third-order valence-corrected chi connectivity index (χ3v) is 7.68. The van der Waals surface area contributed by atoms with Crippen LogP contribution in [0.1, 0.15) is 23.6 Å². The molecule has 0 bridgehead atoms. The van der Waals surface area contributed by atoms with E-state index in [2.05, 4.69) is 5.32 Å². The van der Waals surface area contributed by atoms with E-state index in [1.54, 1.807) is 19.1 Å². The van der Waals surface area contributed by atoms with Gasteiger partial charge >= 0.3 is 0 Å². The number of rotatable bonds is 9. The quantitative estimate of drug-likeness (QED) is 0.474. The van der Waals surface area contributed by atoms with Crippen LogP contribution in [0.25, 0.3) is 0 Å². The summed E-state index contributed by atoms with van der Waals surface area (Å²) in [6.07, 6.45) is 0. The van der Waals surface area contributed by atoms with Crippen LogP contribution >= 0.6 is 0 Å². The second kappa shape index (κ2) is 11.3. The van der Waals surface area contributed by atoms with Crippen molar-refractivity contribution in [2.75, 3.05) is 17.9 Å². The number of nitrogens with one attached hydrogen (secondary N) is 1. The zero-order valence-corrected chi connectivity index (χ0v) is 21.5. The molecule has 0 fully saturated rings. The molecule has 0 spiro atoms. The summed E-state index contributed by atoms with van der Waals surface area (Å²) in [5.41, 5.74) is 2.84. The number of sulfonamides is 1. The summed E-state index contributed by atoms with van der Waals surface area (Å²) in [6.45, 7) is 4.89. The molecule has 9 heteroatoms. The summed E-state index contributed by atoms with van der Waals surface area (Å²) in [5, 5.41) is 2.54. The topological polar surface area (TPSA) is 86.8 Å². The Morgan fingerprint density at radius 3 is 1.94 bits per heavy atom. The van der Waals surface area contributed by atoms with Crippen LogP contribution in [0.5, 0.6) is 0 Å². The zero-order chi connectivity index (χ0) is 26.5. The van der Waals surface area contributed by atoms with Gasteiger partial charge in [0.2, 0.25) is 11.8 Å². The highest BCUT2D eigenvalue weighted by Crippen LogP contribution is 2.25. The van der Waals surface area contributed by atoms with E-state index in [1.807, 2.05) is 38.1 Å². The maximum atomic E-state index is 13.6. The fourth-order valence-electron chi connectivity index (χ4n) is 3.66. The van der Waals surface area contributed by atoms with E-state index in [9.17, 15) is 22.4 Å². The largest absolute Gasteiger partial charge is 0.357 e. The van der Waals surface area contributed by atoms with Crippen molar-refractivity contribution in [3.63, 3.8) is 0 Å². The van der Waals surface area contributed by atoms with Crippen LogP contribution in [0.3, 0.4) is 0 Å². The first kappa shape index (κ1) is 26.9. The fraction of sp³-hybridized carbons (Fsp3) is 0.259. The first-order chi connectivity index (χ1) is 17.0. The number of hydrogen-bond acceptors (Lipinski definition) is 4. The van der Waals surface area contributed by atoms with E-state index < -0.39 is 34.3 Å². The Bertz CT molecular complexity index is 1310. The summed E-state index contributed by atoms with van der Waals surface area (Å²) in [4.78, 5) is 27.4. The normalized spacial score (nSPS) is 12.0. The minimum absolute atomic E-state index is 0.00495. The Labute approximate surface area is 211 Å². The Morgan fingerprint density at radius 2 is 1.42 bits per heavy atom. The molecule has 3 aromatic rings. The van der Waals surface area contributed by atoms with Crippen molar-refractivity contribution in [2.45, 2.75) is 38.3 Å². The Hall–Kier alpha value is -3.72. The summed E-state index contributed by atoms with van der Waals surface area (Å²) in [7, 11) is -2.71. The summed E-state index contributed by atoms with van der Waals surface area (Å²) >= 11 is 0. The molecule has 1 atom stereocenters. The number of halogens is 1. The predicted molar refractivity (Wildman–Crippen MR) is 137 cm³/mol. The van der Waals surface area contributed by atoms with Crippen molar-refractivity contribution < 1.29 is 22.4 Å². The Balaban J connectivity index is 2.01. The fourth-order valence-corrected chi connectivity index (χ4v) is 5.07. The molecule has 0 aliphatic rings. The molecule has 36 heavy (non-hydrogen) atoms. The molecule has 0 radical (unpaired) electrons. The van der Waals surface area contributed by atoms with Crippen molar-refractivity contribution in [2.24, 2.45) is 0 Å². The van der Waals surface area contributed by atoms with Gasteiger partial charge in [-0.1, -0.05) is 47.5 Å². The van der Waals surface area contributed by atoms with Gasteiger partial charge in [-0.3, -0.25) is 13.9 Å². The molecular formula is C27H30FN3O4S. The smallest absolute Gasteiger partial charge is 0.264 e. The van der Waals surface area contributed by atoms with Gasteiger partial charge in [-0.25, -0.2) is 12.8 Å². The maximum absolute atomic E-state index is 13.6. The van der Waals surface area contributed by atoms with E-state index >= 15 is 0 Å². The van der Waals surface area contributed by atoms with Gasteiger partial charge in [-0.2, -0.15) is 0 Å². The molecule has 3 rings (SSSR count). The molecule has 1 N–H and O–H groups in total. The van der Waals surface area contributed by atoms with Gasteiger partial charge in [0.25, 0.3) is 10.0 Å². The van der Waals surface area contributed by atoms with Gasteiger partial charge in [0.15, 0.2) is 0 Å². The summed E-state index contributed by atoms with van der Waals surface area (Å²) in [6, 6.07) is 17.8. The highest BCUT2D eigenvalue weighted by atomic mass is 32.2. The minimum atomic E-state index is -4.18. The van der Waals surface area contributed by atoms with Gasteiger partial charge in [-0.05, 0) is 62.7 Å².